The molecular weight excluding hydrogens is 761 g/mol. The number of rotatable bonds is 16. The second-order valence-electron chi connectivity index (χ2n) is 12.9. The first-order chi connectivity index (χ1) is 27.2. The number of carboxylic acid groups (broad SMARTS) is 2. The minimum atomic E-state index is -4.42. The van der Waals surface area contributed by atoms with Crippen LogP contribution in [0.4, 0.5) is 11.4 Å². The summed E-state index contributed by atoms with van der Waals surface area (Å²) < 4.78 is 36.2. The normalized spacial score (nSPS) is 18.2. The van der Waals surface area contributed by atoms with E-state index in [1.165, 1.54) is 12.1 Å². The molecule has 15 nitrogen and oxygen atoms in total. The molecule has 57 heavy (non-hydrogen) atoms. The summed E-state index contributed by atoms with van der Waals surface area (Å²) in [6.45, 7) is 17.6. The number of fused-ring (bicyclic) bond motifs is 2. The summed E-state index contributed by atoms with van der Waals surface area (Å²) in [6, 6.07) is 10.4. The Labute approximate surface area is 335 Å². The zero-order valence-electron chi connectivity index (χ0n) is 33.6. The molecule has 16 heteroatoms. The Morgan fingerprint density at radius 3 is 1.93 bits per heavy atom. The Morgan fingerprint density at radius 2 is 1.42 bits per heavy atom. The predicted octanol–water partition coefficient (Wildman–Crippen LogP) is 4.85. The second kappa shape index (κ2) is 26.6. The van der Waals surface area contributed by atoms with Crippen LogP contribution in [0, 0.1) is 0 Å². The summed E-state index contributed by atoms with van der Waals surface area (Å²) in [5, 5.41) is 35.7. The van der Waals surface area contributed by atoms with Gasteiger partial charge in [-0.3, -0.25) is 14.1 Å². The third-order valence-corrected chi connectivity index (χ3v) is 10.5. The van der Waals surface area contributed by atoms with Crippen molar-refractivity contribution in [2.24, 2.45) is 0 Å². The van der Waals surface area contributed by atoms with E-state index in [1.54, 1.807) is 6.07 Å². The Kier molecular flexibility index (Phi) is 25.2. The molecule has 0 saturated carbocycles. The molecule has 5 N–H and O–H groups in total. The Hall–Kier alpha value is -5.16. The molecule has 2 atom stereocenters. The molecule has 0 radical (unpaired) electrons. The van der Waals surface area contributed by atoms with Crippen molar-refractivity contribution < 1.29 is 66.7 Å². The van der Waals surface area contributed by atoms with Crippen molar-refractivity contribution in [2.45, 2.75) is 94.8 Å². The number of unbranched alkanes of at least 4 members (excludes halogenated alkanes) is 1. The van der Waals surface area contributed by atoms with Crippen LogP contribution in [0.1, 0.15) is 89.3 Å². The largest absolute Gasteiger partial charge is 0.481 e. The van der Waals surface area contributed by atoms with E-state index >= 15 is 0 Å². The maximum atomic E-state index is 12.1. The number of carboxylic acids is 2. The number of benzene rings is 2. The SMILES string of the molecule is C=O.C=O.C=O.C=O.CCCC[N+]1=C(/C=C/C=C2/N(CC)c3ccc(S(=O)(=O)O)cc3C2(C)CCCO)C(C)(CCCC(=O)O)c2cc(CC(=O)O)ccc21.CO. The molecule has 0 spiro atoms. The highest BCUT2D eigenvalue weighted by Crippen LogP contribution is 2.51. The number of allylic oxidation sites excluding steroid dienone is 4. The van der Waals surface area contributed by atoms with Gasteiger partial charge >= 0.3 is 11.9 Å². The molecule has 0 aromatic heterocycles. The van der Waals surface area contributed by atoms with E-state index in [0.717, 1.165) is 60.4 Å². The van der Waals surface area contributed by atoms with Crippen molar-refractivity contribution >= 4 is 66.3 Å². The summed E-state index contributed by atoms with van der Waals surface area (Å²) in [5.41, 5.74) is 4.98. The fourth-order valence-corrected chi connectivity index (χ4v) is 7.76. The number of aliphatic hydroxyl groups is 2. The number of carbonyl (C=O) groups is 6. The molecule has 0 amide bonds. The monoisotopic (exact) mass is 819 g/mol. The number of aliphatic carboxylic acids is 2. The maximum absolute atomic E-state index is 12.1. The Balaban J connectivity index is 0. The minimum Gasteiger partial charge on any atom is -0.481 e. The maximum Gasteiger partial charge on any atom is 0.307 e. The lowest BCUT2D eigenvalue weighted by Crippen LogP contribution is -2.32. The summed E-state index contributed by atoms with van der Waals surface area (Å²) in [7, 11) is -3.42. The molecule has 0 aliphatic carbocycles. The average Bonchev–Trinajstić information content (AvgIpc) is 3.59. The van der Waals surface area contributed by atoms with Gasteiger partial charge in [-0.25, -0.2) is 0 Å². The predicted molar refractivity (Wildman–Crippen MR) is 218 cm³/mol. The van der Waals surface area contributed by atoms with Crippen molar-refractivity contribution in [3.8, 4) is 0 Å². The van der Waals surface area contributed by atoms with E-state index < -0.39 is 32.9 Å². The molecule has 2 aliphatic heterocycles. The molecule has 0 bridgehead atoms. The molecule has 2 unspecified atom stereocenters. The lowest BCUT2D eigenvalue weighted by atomic mass is 9.74. The third-order valence-electron chi connectivity index (χ3n) is 9.63. The average molecular weight is 820 g/mol. The quantitative estimate of drug-likeness (QED) is 0.112. The number of carbonyl (C=O) groups excluding carboxylic acids is 4. The summed E-state index contributed by atoms with van der Waals surface area (Å²) >= 11 is 0. The van der Waals surface area contributed by atoms with E-state index in [9.17, 15) is 37.9 Å². The third kappa shape index (κ3) is 13.5. The molecule has 0 saturated heterocycles. The van der Waals surface area contributed by atoms with E-state index in [0.29, 0.717) is 37.8 Å². The highest BCUT2D eigenvalue weighted by Gasteiger charge is 2.48. The number of aliphatic hydroxyl groups excluding tert-OH is 2. The van der Waals surface area contributed by atoms with Gasteiger partial charge in [0.15, 0.2) is 5.71 Å². The Morgan fingerprint density at radius 1 is 0.825 bits per heavy atom. The fraction of sp³-hybridized carbons (Fsp3) is 0.439. The van der Waals surface area contributed by atoms with Gasteiger partial charge in [0.25, 0.3) is 10.1 Å². The minimum absolute atomic E-state index is 0.0220. The van der Waals surface area contributed by atoms with Crippen LogP contribution in [0.15, 0.2) is 65.2 Å². The molecule has 2 heterocycles. The second-order valence-corrected chi connectivity index (χ2v) is 14.3. The Bertz CT molecular complexity index is 1800. The standard InChI is InChI=1S/C36H46N2O8S.CH4O.4CH2O/c1-5-7-20-38-30-16-14-25(23-34(42)43)22-27(30)35(3,18-9-13-33(40)41)32(38)12-8-11-31-36(4,19-10-21-39)28-24-26(47(44,45)46)15-17-29(28)37(31)6-2;5*1-2/h8,11-12,14-17,22,24,39H,5-7,9-10,13,18-21,23H2,1-4H3,(H2-,40,41,42,43,44,45,46);2H,1H3;4*1H2/p+1. The molecule has 316 valence electrons. The van der Waals surface area contributed by atoms with E-state index in [2.05, 4.69) is 29.4 Å². The zero-order chi connectivity index (χ0) is 44.6. The van der Waals surface area contributed by atoms with Gasteiger partial charge in [-0.2, -0.15) is 13.0 Å². The van der Waals surface area contributed by atoms with Crippen LogP contribution in [-0.2, 0) is 56.1 Å². The van der Waals surface area contributed by atoms with Crippen LogP contribution < -0.4 is 4.90 Å². The number of hydrogen-bond acceptors (Lipinski definition) is 11. The molecule has 2 aromatic rings. The van der Waals surface area contributed by atoms with Crippen LogP contribution in [0.25, 0.3) is 0 Å². The lowest BCUT2D eigenvalue weighted by molar-refractivity contribution is -0.438. The number of likely N-dealkylation sites (N-methyl/N-ethyl adjacent to an activating group) is 1. The van der Waals surface area contributed by atoms with Crippen molar-refractivity contribution in [3.05, 3.63) is 77.0 Å². The van der Waals surface area contributed by atoms with Gasteiger partial charge in [0.2, 0.25) is 5.69 Å². The van der Waals surface area contributed by atoms with Gasteiger partial charge in [-0.1, -0.05) is 25.5 Å². The zero-order valence-corrected chi connectivity index (χ0v) is 34.4. The van der Waals surface area contributed by atoms with Gasteiger partial charge in [0.1, 0.15) is 33.7 Å². The first kappa shape index (κ1) is 53.9. The topological polar surface area (TPSA) is 244 Å². The lowest BCUT2D eigenvalue weighted by Gasteiger charge is -2.30. The summed E-state index contributed by atoms with van der Waals surface area (Å²) in [6.07, 6.45) is 9.92. The fourth-order valence-electron chi connectivity index (χ4n) is 7.26. The first-order valence-electron chi connectivity index (χ1n) is 17.9. The van der Waals surface area contributed by atoms with Crippen LogP contribution >= 0.6 is 0 Å². The van der Waals surface area contributed by atoms with Gasteiger partial charge in [0.05, 0.1) is 16.7 Å². The molecule has 0 fully saturated rings. The highest BCUT2D eigenvalue weighted by molar-refractivity contribution is 7.85. The summed E-state index contributed by atoms with van der Waals surface area (Å²) in [4.78, 5) is 57.0. The summed E-state index contributed by atoms with van der Waals surface area (Å²) in [5.74, 6) is -1.78. The van der Waals surface area contributed by atoms with Crippen LogP contribution in [0.3, 0.4) is 0 Å². The van der Waals surface area contributed by atoms with E-state index in [1.807, 2.05) is 71.4 Å². The van der Waals surface area contributed by atoms with Crippen molar-refractivity contribution in [1.29, 1.82) is 0 Å². The van der Waals surface area contributed by atoms with Crippen LogP contribution in [0.2, 0.25) is 0 Å². The van der Waals surface area contributed by atoms with Crippen LogP contribution in [0.5, 0.6) is 0 Å². The first-order valence-corrected chi connectivity index (χ1v) is 19.4. The molecule has 4 rings (SSSR count). The highest BCUT2D eigenvalue weighted by atomic mass is 32.2. The smallest absolute Gasteiger partial charge is 0.307 e. The molecule has 2 aliphatic rings. The van der Waals surface area contributed by atoms with E-state index in [4.69, 9.17) is 24.3 Å². The van der Waals surface area contributed by atoms with Gasteiger partial charge in [-0.15, -0.1) is 0 Å². The van der Waals surface area contributed by atoms with Crippen molar-refractivity contribution in [3.63, 3.8) is 0 Å². The number of nitrogens with zero attached hydrogens (tertiary/aromatic N) is 2. The van der Waals surface area contributed by atoms with E-state index in [-0.39, 0.29) is 24.3 Å². The molecular formula is C41H59N2O13S+. The van der Waals surface area contributed by atoms with Gasteiger partial charge in [-0.05, 0) is 87.9 Å². The number of anilines is 1. The van der Waals surface area contributed by atoms with Gasteiger partial charge < -0.3 is 44.5 Å². The van der Waals surface area contributed by atoms with Crippen molar-refractivity contribution in [1.82, 2.24) is 0 Å². The number of hydrogen-bond donors (Lipinski definition) is 5. The van der Waals surface area contributed by atoms with Crippen LogP contribution in [-0.4, -0.2) is 110 Å². The van der Waals surface area contributed by atoms with Gasteiger partial charge in [0, 0.05) is 67.6 Å². The molecule has 2 aromatic carbocycles. The van der Waals surface area contributed by atoms with Crippen molar-refractivity contribution in [2.75, 3.05) is 31.7 Å².